The van der Waals surface area contributed by atoms with Crippen LogP contribution in [0.1, 0.15) is 0 Å². The van der Waals surface area contributed by atoms with Crippen LogP contribution in [0, 0.1) is 0 Å². The molecule has 7 rings (SSSR count). The first-order valence-corrected chi connectivity index (χ1v) is 13.9. The van der Waals surface area contributed by atoms with Crippen molar-refractivity contribution in [2.24, 2.45) is 0 Å². The molecule has 0 spiro atoms. The quantitative estimate of drug-likeness (QED) is 0.215. The standard InChI is InChI=1S/C39H28N2/c1-5-14-29(15-6-1)31-18-13-19-33(26-31)38-28-39(41(34-20-9-3-10-21-34)35-22-11-4-12-23-35)36-27-32(24-25-37(36)40-38)30-16-7-2-8-17-30/h1-28H. The van der Waals surface area contributed by atoms with Gasteiger partial charge in [-0.15, -0.1) is 0 Å². The van der Waals surface area contributed by atoms with E-state index in [1.165, 1.54) is 22.3 Å². The van der Waals surface area contributed by atoms with Crippen LogP contribution in [0.3, 0.4) is 0 Å². The topological polar surface area (TPSA) is 16.1 Å². The number of aromatic nitrogens is 1. The van der Waals surface area contributed by atoms with Gasteiger partial charge in [-0.25, -0.2) is 4.98 Å². The molecule has 0 amide bonds. The van der Waals surface area contributed by atoms with Gasteiger partial charge in [0.25, 0.3) is 0 Å². The normalized spacial score (nSPS) is 10.9. The van der Waals surface area contributed by atoms with Crippen LogP contribution in [-0.4, -0.2) is 4.98 Å². The molecule has 194 valence electrons. The van der Waals surface area contributed by atoms with Gasteiger partial charge in [-0.3, -0.25) is 0 Å². The molecular weight excluding hydrogens is 496 g/mol. The molecule has 0 saturated heterocycles. The molecule has 1 heterocycles. The predicted octanol–water partition coefficient (Wildman–Crippen LogP) is 10.7. The zero-order valence-corrected chi connectivity index (χ0v) is 22.6. The molecule has 0 atom stereocenters. The van der Waals surface area contributed by atoms with Crippen molar-refractivity contribution in [2.75, 3.05) is 4.90 Å². The molecule has 0 saturated carbocycles. The maximum Gasteiger partial charge on any atom is 0.0731 e. The van der Waals surface area contributed by atoms with Crippen molar-refractivity contribution in [1.82, 2.24) is 4.98 Å². The number of para-hydroxylation sites is 2. The van der Waals surface area contributed by atoms with E-state index in [4.69, 9.17) is 4.98 Å². The van der Waals surface area contributed by atoms with Crippen LogP contribution in [-0.2, 0) is 0 Å². The van der Waals surface area contributed by atoms with E-state index in [9.17, 15) is 0 Å². The molecule has 0 fully saturated rings. The van der Waals surface area contributed by atoms with Gasteiger partial charge < -0.3 is 4.90 Å². The molecule has 0 unspecified atom stereocenters. The molecule has 0 radical (unpaired) electrons. The Balaban J connectivity index is 1.48. The Bertz CT molecular complexity index is 1880. The molecule has 7 aromatic rings. The van der Waals surface area contributed by atoms with Gasteiger partial charge >= 0.3 is 0 Å². The molecule has 6 aromatic carbocycles. The zero-order chi connectivity index (χ0) is 27.4. The van der Waals surface area contributed by atoms with E-state index in [-0.39, 0.29) is 0 Å². The lowest BCUT2D eigenvalue weighted by Gasteiger charge is -2.27. The SMILES string of the molecule is c1ccc(-c2cccc(-c3cc(N(c4ccccc4)c4ccccc4)c4cc(-c5ccccc5)ccc4n3)c2)cc1. The van der Waals surface area contributed by atoms with Crippen LogP contribution in [0.2, 0.25) is 0 Å². The van der Waals surface area contributed by atoms with Gasteiger partial charge in [0.2, 0.25) is 0 Å². The lowest BCUT2D eigenvalue weighted by Crippen LogP contribution is -2.11. The van der Waals surface area contributed by atoms with E-state index in [0.29, 0.717) is 0 Å². The molecule has 0 aliphatic carbocycles. The van der Waals surface area contributed by atoms with Crippen LogP contribution >= 0.6 is 0 Å². The van der Waals surface area contributed by atoms with E-state index in [1.54, 1.807) is 0 Å². The Morgan fingerprint density at radius 1 is 0.366 bits per heavy atom. The van der Waals surface area contributed by atoms with Crippen molar-refractivity contribution >= 4 is 28.0 Å². The fourth-order valence-corrected chi connectivity index (χ4v) is 5.42. The summed E-state index contributed by atoms with van der Waals surface area (Å²) in [7, 11) is 0. The first-order chi connectivity index (χ1) is 20.3. The van der Waals surface area contributed by atoms with Crippen molar-refractivity contribution in [3.8, 4) is 33.5 Å². The number of rotatable bonds is 6. The Hall–Kier alpha value is -5.47. The fraction of sp³-hybridized carbons (Fsp3) is 0. The van der Waals surface area contributed by atoms with E-state index in [2.05, 4.69) is 175 Å². The maximum absolute atomic E-state index is 5.22. The summed E-state index contributed by atoms with van der Waals surface area (Å²) in [6.07, 6.45) is 0. The summed E-state index contributed by atoms with van der Waals surface area (Å²) in [5.41, 5.74) is 11.0. The summed E-state index contributed by atoms with van der Waals surface area (Å²) in [5.74, 6) is 0. The number of anilines is 3. The van der Waals surface area contributed by atoms with Gasteiger partial charge in [0, 0.05) is 22.3 Å². The number of benzene rings is 6. The molecule has 0 aliphatic heterocycles. The van der Waals surface area contributed by atoms with Gasteiger partial charge in [0.1, 0.15) is 0 Å². The van der Waals surface area contributed by atoms with Gasteiger partial charge in [-0.2, -0.15) is 0 Å². The third-order valence-corrected chi connectivity index (χ3v) is 7.43. The largest absolute Gasteiger partial charge is 0.310 e. The van der Waals surface area contributed by atoms with Crippen molar-refractivity contribution < 1.29 is 0 Å². The van der Waals surface area contributed by atoms with Gasteiger partial charge in [-0.1, -0.05) is 121 Å². The Morgan fingerprint density at radius 2 is 0.854 bits per heavy atom. The summed E-state index contributed by atoms with van der Waals surface area (Å²) < 4.78 is 0. The van der Waals surface area contributed by atoms with E-state index < -0.39 is 0 Å². The van der Waals surface area contributed by atoms with Gasteiger partial charge in [0.05, 0.1) is 16.9 Å². The van der Waals surface area contributed by atoms with Crippen LogP contribution in [0.15, 0.2) is 170 Å². The molecule has 0 bridgehead atoms. The predicted molar refractivity (Wildman–Crippen MR) is 173 cm³/mol. The summed E-state index contributed by atoms with van der Waals surface area (Å²) in [6, 6.07) is 59.7. The van der Waals surface area contributed by atoms with Crippen LogP contribution < -0.4 is 4.90 Å². The molecule has 0 N–H and O–H groups in total. The minimum atomic E-state index is 0.939. The lowest BCUT2D eigenvalue weighted by molar-refractivity contribution is 1.28. The Labute approximate surface area is 240 Å². The number of hydrogen-bond acceptors (Lipinski definition) is 2. The highest BCUT2D eigenvalue weighted by Crippen LogP contribution is 2.41. The van der Waals surface area contributed by atoms with E-state index in [0.717, 1.165) is 39.2 Å². The summed E-state index contributed by atoms with van der Waals surface area (Å²) in [6.45, 7) is 0. The van der Waals surface area contributed by atoms with Crippen LogP contribution in [0.5, 0.6) is 0 Å². The van der Waals surface area contributed by atoms with E-state index >= 15 is 0 Å². The third kappa shape index (κ3) is 4.99. The highest BCUT2D eigenvalue weighted by Gasteiger charge is 2.18. The fourth-order valence-electron chi connectivity index (χ4n) is 5.42. The molecule has 0 aliphatic rings. The lowest BCUT2D eigenvalue weighted by atomic mass is 9.98. The second kappa shape index (κ2) is 11.0. The second-order valence-corrected chi connectivity index (χ2v) is 10.1. The van der Waals surface area contributed by atoms with Crippen LogP contribution in [0.25, 0.3) is 44.4 Å². The zero-order valence-electron chi connectivity index (χ0n) is 22.6. The average molecular weight is 525 g/mol. The maximum atomic E-state index is 5.22. The average Bonchev–Trinajstić information content (AvgIpc) is 3.06. The molecule has 1 aromatic heterocycles. The van der Waals surface area contributed by atoms with E-state index in [1.807, 2.05) is 0 Å². The molecule has 2 nitrogen and oxygen atoms in total. The number of fused-ring (bicyclic) bond motifs is 1. The number of hydrogen-bond donors (Lipinski definition) is 0. The van der Waals surface area contributed by atoms with Crippen molar-refractivity contribution in [1.29, 1.82) is 0 Å². The van der Waals surface area contributed by atoms with Gasteiger partial charge in [0.15, 0.2) is 0 Å². The van der Waals surface area contributed by atoms with Crippen LogP contribution in [0.4, 0.5) is 17.1 Å². The Morgan fingerprint density at radius 3 is 1.44 bits per heavy atom. The first kappa shape index (κ1) is 24.6. The Kier molecular flexibility index (Phi) is 6.56. The van der Waals surface area contributed by atoms with Crippen molar-refractivity contribution in [3.63, 3.8) is 0 Å². The third-order valence-electron chi connectivity index (χ3n) is 7.43. The number of nitrogens with zero attached hydrogens (tertiary/aromatic N) is 2. The smallest absolute Gasteiger partial charge is 0.0731 e. The highest BCUT2D eigenvalue weighted by atomic mass is 15.1. The number of pyridine rings is 1. The minimum absolute atomic E-state index is 0.939. The minimum Gasteiger partial charge on any atom is -0.310 e. The molecule has 2 heteroatoms. The van der Waals surface area contributed by atoms with Crippen molar-refractivity contribution in [2.45, 2.75) is 0 Å². The molecule has 41 heavy (non-hydrogen) atoms. The second-order valence-electron chi connectivity index (χ2n) is 10.1. The van der Waals surface area contributed by atoms with Crippen molar-refractivity contribution in [3.05, 3.63) is 170 Å². The molecular formula is C39H28N2. The monoisotopic (exact) mass is 524 g/mol. The summed E-state index contributed by atoms with van der Waals surface area (Å²) in [4.78, 5) is 7.56. The summed E-state index contributed by atoms with van der Waals surface area (Å²) >= 11 is 0. The van der Waals surface area contributed by atoms with Gasteiger partial charge in [-0.05, 0) is 70.8 Å². The summed E-state index contributed by atoms with van der Waals surface area (Å²) in [5, 5.41) is 1.10. The first-order valence-electron chi connectivity index (χ1n) is 13.9. The highest BCUT2D eigenvalue weighted by molar-refractivity contribution is 6.01.